The quantitative estimate of drug-likeness (QED) is 0.917. The number of aryl methyl sites for hydroxylation is 1. The third-order valence-corrected chi connectivity index (χ3v) is 6.03. The van der Waals surface area contributed by atoms with Gasteiger partial charge in [0.05, 0.1) is 0 Å². The molecule has 4 bridgehead atoms. The van der Waals surface area contributed by atoms with Crippen molar-refractivity contribution in [2.24, 2.45) is 35.3 Å². The molecule has 1 heterocycles. The second-order valence-corrected chi connectivity index (χ2v) is 7.33. The first-order chi connectivity index (χ1) is 9.72. The Hall–Kier alpha value is -0.900. The van der Waals surface area contributed by atoms with E-state index in [4.69, 9.17) is 10.3 Å². The summed E-state index contributed by atoms with van der Waals surface area (Å²) in [6.45, 7) is 2.05. The van der Waals surface area contributed by atoms with Crippen molar-refractivity contribution in [2.45, 2.75) is 57.9 Å². The van der Waals surface area contributed by atoms with Gasteiger partial charge >= 0.3 is 0 Å². The molecule has 4 heteroatoms. The van der Waals surface area contributed by atoms with Crippen molar-refractivity contribution >= 4 is 0 Å². The second kappa shape index (κ2) is 4.83. The van der Waals surface area contributed by atoms with Gasteiger partial charge in [-0.25, -0.2) is 0 Å². The first kappa shape index (κ1) is 12.8. The van der Waals surface area contributed by atoms with Crippen LogP contribution in [0.2, 0.25) is 0 Å². The maximum Gasteiger partial charge on any atom is 0.228 e. The van der Waals surface area contributed by atoms with Gasteiger partial charge in [-0.2, -0.15) is 4.98 Å². The summed E-state index contributed by atoms with van der Waals surface area (Å²) in [6, 6.07) is 0.204. The maximum atomic E-state index is 6.55. The van der Waals surface area contributed by atoms with Gasteiger partial charge in [0.1, 0.15) is 0 Å². The highest BCUT2D eigenvalue weighted by atomic mass is 16.5. The van der Waals surface area contributed by atoms with Crippen molar-refractivity contribution in [3.8, 4) is 0 Å². The van der Waals surface area contributed by atoms with Gasteiger partial charge in [-0.3, -0.25) is 0 Å². The Morgan fingerprint density at radius 1 is 1.15 bits per heavy atom. The van der Waals surface area contributed by atoms with Crippen molar-refractivity contribution in [2.75, 3.05) is 0 Å². The summed E-state index contributed by atoms with van der Waals surface area (Å²) < 4.78 is 5.33. The van der Waals surface area contributed by atoms with E-state index in [1.54, 1.807) is 0 Å². The maximum absolute atomic E-state index is 6.55. The lowest BCUT2D eigenvalue weighted by atomic mass is 9.50. The Morgan fingerprint density at radius 2 is 1.80 bits per heavy atom. The number of rotatable bonds is 4. The summed E-state index contributed by atoms with van der Waals surface area (Å²) in [5.74, 6) is 6.00. The highest BCUT2D eigenvalue weighted by Gasteiger charge is 2.49. The van der Waals surface area contributed by atoms with E-state index in [9.17, 15) is 0 Å². The van der Waals surface area contributed by atoms with E-state index in [0.29, 0.717) is 5.92 Å². The molecule has 4 fully saturated rings. The average molecular weight is 275 g/mol. The van der Waals surface area contributed by atoms with Crippen LogP contribution in [0.15, 0.2) is 4.52 Å². The van der Waals surface area contributed by atoms with E-state index >= 15 is 0 Å². The Kier molecular flexibility index (Phi) is 3.09. The van der Waals surface area contributed by atoms with Gasteiger partial charge in [-0.05, 0) is 61.7 Å². The van der Waals surface area contributed by atoms with E-state index in [0.717, 1.165) is 48.2 Å². The van der Waals surface area contributed by atoms with E-state index < -0.39 is 0 Å². The molecule has 2 N–H and O–H groups in total. The average Bonchev–Trinajstić information content (AvgIpc) is 2.85. The molecule has 1 aromatic rings. The Morgan fingerprint density at radius 3 is 2.35 bits per heavy atom. The van der Waals surface area contributed by atoms with Gasteiger partial charge in [0.2, 0.25) is 5.89 Å². The monoisotopic (exact) mass is 275 g/mol. The van der Waals surface area contributed by atoms with Crippen LogP contribution in [0.5, 0.6) is 0 Å². The molecule has 0 aliphatic heterocycles. The van der Waals surface area contributed by atoms with Crippen molar-refractivity contribution in [3.63, 3.8) is 0 Å². The molecule has 1 unspecified atom stereocenters. The van der Waals surface area contributed by atoms with Gasteiger partial charge in [0, 0.05) is 18.9 Å². The highest BCUT2D eigenvalue weighted by molar-refractivity contribution is 5.02. The van der Waals surface area contributed by atoms with Crippen LogP contribution in [0.4, 0.5) is 0 Å². The van der Waals surface area contributed by atoms with Gasteiger partial charge in [-0.15, -0.1) is 0 Å². The lowest BCUT2D eigenvalue weighted by Gasteiger charge is -2.56. The second-order valence-electron chi connectivity index (χ2n) is 7.33. The number of hydrogen-bond donors (Lipinski definition) is 1. The summed E-state index contributed by atoms with van der Waals surface area (Å²) in [4.78, 5) is 4.42. The molecule has 4 saturated carbocycles. The predicted molar refractivity (Wildman–Crippen MR) is 75.9 cm³/mol. The Bertz CT molecular complexity index is 456. The largest absolute Gasteiger partial charge is 0.339 e. The Balaban J connectivity index is 1.47. The molecule has 4 aliphatic rings. The fourth-order valence-corrected chi connectivity index (χ4v) is 5.52. The third kappa shape index (κ3) is 2.09. The van der Waals surface area contributed by atoms with Crippen LogP contribution in [0.25, 0.3) is 0 Å². The SMILES string of the molecule is CCc1noc(CC(N)C2C3CC4CC(C3)CC2C4)n1. The summed E-state index contributed by atoms with van der Waals surface area (Å²) in [6.07, 6.45) is 8.80. The zero-order valence-electron chi connectivity index (χ0n) is 12.3. The summed E-state index contributed by atoms with van der Waals surface area (Å²) in [5, 5.41) is 3.98. The molecule has 4 nitrogen and oxygen atoms in total. The molecule has 0 amide bonds. The van der Waals surface area contributed by atoms with Crippen molar-refractivity contribution in [1.29, 1.82) is 0 Å². The van der Waals surface area contributed by atoms with Crippen LogP contribution in [0.3, 0.4) is 0 Å². The third-order valence-electron chi connectivity index (χ3n) is 6.03. The minimum absolute atomic E-state index is 0.204. The van der Waals surface area contributed by atoms with Crippen LogP contribution in [-0.2, 0) is 12.8 Å². The number of aromatic nitrogens is 2. The molecule has 0 aromatic carbocycles. The standard InChI is InChI=1S/C16H25N3O/c1-2-14-18-15(20-19-14)8-13(17)16-11-4-9-3-10(6-11)7-12(16)5-9/h9-13,16H,2-8,17H2,1H3. The van der Waals surface area contributed by atoms with Gasteiger partial charge < -0.3 is 10.3 Å². The number of hydrogen-bond acceptors (Lipinski definition) is 4. The van der Waals surface area contributed by atoms with E-state index in [2.05, 4.69) is 10.1 Å². The summed E-state index contributed by atoms with van der Waals surface area (Å²) in [5.41, 5.74) is 6.55. The lowest BCUT2D eigenvalue weighted by Crippen LogP contribution is -2.52. The molecular weight excluding hydrogens is 250 g/mol. The Labute approximate surface area is 120 Å². The molecule has 0 saturated heterocycles. The zero-order chi connectivity index (χ0) is 13.7. The van der Waals surface area contributed by atoms with Crippen molar-refractivity contribution in [3.05, 3.63) is 11.7 Å². The topological polar surface area (TPSA) is 64.9 Å². The van der Waals surface area contributed by atoms with Crippen molar-refractivity contribution < 1.29 is 4.52 Å². The van der Waals surface area contributed by atoms with Gasteiger partial charge in [0.25, 0.3) is 0 Å². The number of nitrogens with two attached hydrogens (primary N) is 1. The minimum Gasteiger partial charge on any atom is -0.339 e. The van der Waals surface area contributed by atoms with Crippen molar-refractivity contribution in [1.82, 2.24) is 10.1 Å². The molecule has 5 rings (SSSR count). The predicted octanol–water partition coefficient (Wildman–Crippen LogP) is 2.57. The molecule has 20 heavy (non-hydrogen) atoms. The molecule has 1 atom stereocenters. The minimum atomic E-state index is 0.204. The summed E-state index contributed by atoms with van der Waals surface area (Å²) in [7, 11) is 0. The molecular formula is C16H25N3O. The normalized spacial score (nSPS) is 40.2. The molecule has 4 aliphatic carbocycles. The highest BCUT2D eigenvalue weighted by Crippen LogP contribution is 2.57. The van der Waals surface area contributed by atoms with Crippen LogP contribution >= 0.6 is 0 Å². The molecule has 110 valence electrons. The van der Waals surface area contributed by atoms with Crippen LogP contribution in [0, 0.1) is 29.6 Å². The first-order valence-corrected chi connectivity index (χ1v) is 8.30. The zero-order valence-corrected chi connectivity index (χ0v) is 12.3. The smallest absolute Gasteiger partial charge is 0.228 e. The van der Waals surface area contributed by atoms with Crippen LogP contribution in [-0.4, -0.2) is 16.2 Å². The van der Waals surface area contributed by atoms with Gasteiger partial charge in [0.15, 0.2) is 5.82 Å². The lowest BCUT2D eigenvalue weighted by molar-refractivity contribution is -0.0472. The van der Waals surface area contributed by atoms with E-state index in [-0.39, 0.29) is 6.04 Å². The number of nitrogens with zero attached hydrogens (tertiary/aromatic N) is 2. The fraction of sp³-hybridized carbons (Fsp3) is 0.875. The summed E-state index contributed by atoms with van der Waals surface area (Å²) >= 11 is 0. The first-order valence-electron chi connectivity index (χ1n) is 8.30. The van der Waals surface area contributed by atoms with Crippen LogP contribution in [0.1, 0.15) is 50.7 Å². The van der Waals surface area contributed by atoms with Gasteiger partial charge in [-0.1, -0.05) is 12.1 Å². The molecule has 1 aromatic heterocycles. The molecule has 0 radical (unpaired) electrons. The van der Waals surface area contributed by atoms with E-state index in [1.807, 2.05) is 6.92 Å². The molecule has 0 spiro atoms. The fourth-order valence-electron chi connectivity index (χ4n) is 5.52. The van der Waals surface area contributed by atoms with E-state index in [1.165, 1.54) is 32.1 Å². The van der Waals surface area contributed by atoms with Crippen LogP contribution < -0.4 is 5.73 Å².